The summed E-state index contributed by atoms with van der Waals surface area (Å²) in [4.78, 5) is 13.8. The molecule has 0 spiro atoms. The second-order valence-electron chi connectivity index (χ2n) is 6.63. The van der Waals surface area contributed by atoms with Gasteiger partial charge in [0.2, 0.25) is 10.0 Å². The van der Waals surface area contributed by atoms with Gasteiger partial charge in [-0.05, 0) is 30.7 Å². The van der Waals surface area contributed by atoms with Crippen molar-refractivity contribution in [3.8, 4) is 5.75 Å². The molecule has 0 radical (unpaired) electrons. The highest BCUT2D eigenvalue weighted by atomic mass is 35.5. The summed E-state index contributed by atoms with van der Waals surface area (Å²) in [6.07, 6.45) is 0. The summed E-state index contributed by atoms with van der Waals surface area (Å²) in [5, 5.41) is 0.120. The molecule has 2 aromatic carbocycles. The monoisotopic (exact) mass is 438 g/mol. The number of nitrogens with one attached hydrogen (secondary N) is 1. The molecule has 2 aromatic rings. The molecule has 9 heteroatoms. The van der Waals surface area contributed by atoms with Crippen molar-refractivity contribution in [3.63, 3.8) is 0 Å². The Morgan fingerprint density at radius 1 is 1.21 bits per heavy atom. The molecular weight excluding hydrogens is 416 g/mol. The zero-order valence-corrected chi connectivity index (χ0v) is 17.6. The first-order chi connectivity index (χ1) is 13.9. The Morgan fingerprint density at radius 2 is 1.90 bits per heavy atom. The molecule has 0 bridgehead atoms. The van der Waals surface area contributed by atoms with Gasteiger partial charge in [0.1, 0.15) is 5.75 Å². The largest absolute Gasteiger partial charge is 0.482 e. The predicted molar refractivity (Wildman–Crippen MR) is 110 cm³/mol. The van der Waals surface area contributed by atoms with Crippen LogP contribution < -0.4 is 9.46 Å². The van der Waals surface area contributed by atoms with Crippen LogP contribution >= 0.6 is 11.6 Å². The van der Waals surface area contributed by atoms with Gasteiger partial charge in [-0.15, -0.1) is 0 Å². The first-order valence-corrected chi connectivity index (χ1v) is 11.1. The fraction of sp³-hybridized carbons (Fsp3) is 0.350. The maximum atomic E-state index is 12.7. The Labute approximate surface area is 175 Å². The number of amides is 1. The summed E-state index contributed by atoms with van der Waals surface area (Å²) < 4.78 is 38.7. The normalized spacial score (nSPS) is 15.7. The van der Waals surface area contributed by atoms with E-state index in [1.54, 1.807) is 11.8 Å². The fourth-order valence-corrected chi connectivity index (χ4v) is 4.48. The molecule has 0 aromatic heterocycles. The minimum Gasteiger partial charge on any atom is -0.482 e. The van der Waals surface area contributed by atoms with Gasteiger partial charge in [0, 0.05) is 19.1 Å². The van der Waals surface area contributed by atoms with E-state index < -0.39 is 16.1 Å². The first kappa shape index (κ1) is 21.6. The average Bonchev–Trinajstić information content (AvgIpc) is 2.73. The van der Waals surface area contributed by atoms with Crippen LogP contribution in [0, 0.1) is 0 Å². The van der Waals surface area contributed by atoms with Crippen molar-refractivity contribution in [2.45, 2.75) is 17.9 Å². The van der Waals surface area contributed by atoms with Crippen LogP contribution in [0.4, 0.5) is 0 Å². The molecule has 0 saturated carbocycles. The Balaban J connectivity index is 1.64. The number of rotatable bonds is 7. The van der Waals surface area contributed by atoms with Crippen LogP contribution in [0.25, 0.3) is 0 Å². The van der Waals surface area contributed by atoms with E-state index in [-0.39, 0.29) is 28.2 Å². The van der Waals surface area contributed by atoms with Gasteiger partial charge >= 0.3 is 0 Å². The van der Waals surface area contributed by atoms with Gasteiger partial charge < -0.3 is 14.4 Å². The molecular formula is C20H23ClN2O5S. The molecule has 1 N–H and O–H groups in total. The van der Waals surface area contributed by atoms with Crippen LogP contribution in [-0.4, -0.2) is 52.1 Å². The number of hydrogen-bond donors (Lipinski definition) is 1. The van der Waals surface area contributed by atoms with Gasteiger partial charge in [0.05, 0.1) is 23.1 Å². The lowest BCUT2D eigenvalue weighted by atomic mass is 10.1. The molecule has 29 heavy (non-hydrogen) atoms. The molecule has 1 unspecified atom stereocenters. The number of carbonyl (C=O) groups excluding carboxylic acids is 1. The Bertz CT molecular complexity index is 947. The molecule has 1 saturated heterocycles. The topological polar surface area (TPSA) is 84.9 Å². The van der Waals surface area contributed by atoms with Crippen LogP contribution in [0.5, 0.6) is 5.75 Å². The smallest absolute Gasteiger partial charge is 0.260 e. The maximum Gasteiger partial charge on any atom is 0.260 e. The third kappa shape index (κ3) is 5.70. The van der Waals surface area contributed by atoms with E-state index >= 15 is 0 Å². The molecule has 1 heterocycles. The molecule has 0 aliphatic carbocycles. The summed E-state index contributed by atoms with van der Waals surface area (Å²) in [5.41, 5.74) is 0.851. The van der Waals surface area contributed by atoms with Crippen LogP contribution in [0.3, 0.4) is 0 Å². The highest BCUT2D eigenvalue weighted by Gasteiger charge is 2.21. The number of ether oxygens (including phenoxy) is 2. The maximum absolute atomic E-state index is 12.7. The Hall–Kier alpha value is -2.13. The molecule has 3 rings (SSSR count). The van der Waals surface area contributed by atoms with Crippen molar-refractivity contribution in [2.75, 3.05) is 32.9 Å². The third-order valence-corrected chi connectivity index (χ3v) is 6.39. The summed E-state index contributed by atoms with van der Waals surface area (Å²) >= 11 is 6.20. The number of benzene rings is 2. The predicted octanol–water partition coefficient (Wildman–Crippen LogP) is 2.62. The van der Waals surface area contributed by atoms with Gasteiger partial charge in [0.25, 0.3) is 5.91 Å². The van der Waals surface area contributed by atoms with Gasteiger partial charge in [0.15, 0.2) is 6.61 Å². The lowest BCUT2D eigenvalue weighted by Crippen LogP contribution is -2.43. The molecule has 1 aliphatic heterocycles. The number of hydrogen-bond acceptors (Lipinski definition) is 5. The average molecular weight is 439 g/mol. The Morgan fingerprint density at radius 3 is 2.55 bits per heavy atom. The van der Waals surface area contributed by atoms with Gasteiger partial charge in [-0.3, -0.25) is 4.79 Å². The van der Waals surface area contributed by atoms with Crippen molar-refractivity contribution in [3.05, 3.63) is 59.1 Å². The van der Waals surface area contributed by atoms with Crippen molar-refractivity contribution < 1.29 is 22.7 Å². The lowest BCUT2D eigenvalue weighted by Gasteiger charge is -2.26. The van der Waals surface area contributed by atoms with Gasteiger partial charge in [-0.25, -0.2) is 13.1 Å². The first-order valence-electron chi connectivity index (χ1n) is 9.22. The SMILES string of the molecule is CC(NS(=O)(=O)c1ccc(OCC(=O)N2CCOCC2)c(Cl)c1)c1ccccc1. The number of halogens is 1. The molecule has 1 atom stereocenters. The van der Waals surface area contributed by atoms with Crippen LogP contribution in [-0.2, 0) is 19.6 Å². The zero-order chi connectivity index (χ0) is 20.9. The number of carbonyl (C=O) groups is 1. The summed E-state index contributed by atoms with van der Waals surface area (Å²) in [6.45, 7) is 3.66. The van der Waals surface area contributed by atoms with Gasteiger partial charge in [-0.1, -0.05) is 41.9 Å². The molecule has 1 fully saturated rings. The van der Waals surface area contributed by atoms with Crippen molar-refractivity contribution >= 4 is 27.5 Å². The van der Waals surface area contributed by atoms with Crippen LogP contribution in [0.1, 0.15) is 18.5 Å². The summed E-state index contributed by atoms with van der Waals surface area (Å²) in [6, 6.07) is 13.0. The van der Waals surface area contributed by atoms with Crippen molar-refractivity contribution in [1.82, 2.24) is 9.62 Å². The van der Waals surface area contributed by atoms with E-state index in [1.165, 1.54) is 18.2 Å². The second kappa shape index (κ2) is 9.58. The van der Waals surface area contributed by atoms with Gasteiger partial charge in [-0.2, -0.15) is 0 Å². The zero-order valence-electron chi connectivity index (χ0n) is 16.0. The van der Waals surface area contributed by atoms with E-state index in [0.717, 1.165) is 5.56 Å². The quantitative estimate of drug-likeness (QED) is 0.718. The third-order valence-electron chi connectivity index (χ3n) is 4.56. The standard InChI is InChI=1S/C20H23ClN2O5S/c1-15(16-5-3-2-4-6-16)22-29(25,26)17-7-8-19(18(21)13-17)28-14-20(24)23-9-11-27-12-10-23/h2-8,13,15,22H,9-12,14H2,1H3. The molecule has 156 valence electrons. The highest BCUT2D eigenvalue weighted by Crippen LogP contribution is 2.28. The molecule has 7 nitrogen and oxygen atoms in total. The van der Waals surface area contributed by atoms with E-state index in [0.29, 0.717) is 26.3 Å². The van der Waals surface area contributed by atoms with Crippen LogP contribution in [0.2, 0.25) is 5.02 Å². The second-order valence-corrected chi connectivity index (χ2v) is 8.75. The molecule has 1 amide bonds. The summed E-state index contributed by atoms with van der Waals surface area (Å²) in [7, 11) is -3.77. The Kier molecular flexibility index (Phi) is 7.13. The lowest BCUT2D eigenvalue weighted by molar-refractivity contribution is -0.137. The van der Waals surface area contributed by atoms with E-state index in [4.69, 9.17) is 21.1 Å². The van der Waals surface area contributed by atoms with E-state index in [2.05, 4.69) is 4.72 Å². The van der Waals surface area contributed by atoms with Crippen molar-refractivity contribution in [2.24, 2.45) is 0 Å². The van der Waals surface area contributed by atoms with E-state index in [1.807, 2.05) is 30.3 Å². The number of nitrogens with zero attached hydrogens (tertiary/aromatic N) is 1. The van der Waals surface area contributed by atoms with Crippen molar-refractivity contribution in [1.29, 1.82) is 0 Å². The fourth-order valence-electron chi connectivity index (χ4n) is 2.92. The van der Waals surface area contributed by atoms with Crippen LogP contribution in [0.15, 0.2) is 53.4 Å². The molecule has 1 aliphatic rings. The highest BCUT2D eigenvalue weighted by molar-refractivity contribution is 7.89. The number of sulfonamides is 1. The van der Waals surface area contributed by atoms with E-state index in [9.17, 15) is 13.2 Å². The minimum atomic E-state index is -3.77. The summed E-state index contributed by atoms with van der Waals surface area (Å²) in [5.74, 6) is 0.0859. The number of morpholine rings is 1. The minimum absolute atomic E-state index is 0.0251.